The van der Waals surface area contributed by atoms with Crippen molar-refractivity contribution in [2.24, 2.45) is 11.8 Å². The average molecular weight is 634 g/mol. The highest BCUT2D eigenvalue weighted by Gasteiger charge is 2.72. The molecule has 4 aliphatic heterocycles. The van der Waals surface area contributed by atoms with E-state index in [9.17, 15) is 24.3 Å². The number of rotatable bonds is 6. The molecule has 6 rings (SSSR count). The Balaban J connectivity index is 1.41. The lowest BCUT2D eigenvalue weighted by Crippen LogP contribution is -2.57. The van der Waals surface area contributed by atoms with E-state index in [1.165, 1.54) is 0 Å². The van der Waals surface area contributed by atoms with Gasteiger partial charge in [0, 0.05) is 39.2 Å². The van der Waals surface area contributed by atoms with Crippen molar-refractivity contribution in [3.63, 3.8) is 0 Å². The highest BCUT2D eigenvalue weighted by molar-refractivity contribution is 5.99. The second-order valence-electron chi connectivity index (χ2n) is 13.5. The van der Waals surface area contributed by atoms with Gasteiger partial charge in [-0.15, -0.1) is 0 Å². The molecule has 0 radical (unpaired) electrons. The average Bonchev–Trinajstić information content (AvgIpc) is 3.45. The number of cyclic esters (lactones) is 1. The Bertz CT molecular complexity index is 1360. The Hall–Kier alpha value is -3.50. The van der Waals surface area contributed by atoms with Gasteiger partial charge in [-0.05, 0) is 44.6 Å². The number of ether oxygens (including phenoxy) is 2. The number of hydrogen-bond acceptors (Lipinski definition) is 7. The summed E-state index contributed by atoms with van der Waals surface area (Å²) in [4.78, 5) is 61.9. The summed E-state index contributed by atoms with van der Waals surface area (Å²) in [5.74, 6) is -3.05. The van der Waals surface area contributed by atoms with Gasteiger partial charge < -0.3 is 29.3 Å². The van der Waals surface area contributed by atoms with Crippen molar-refractivity contribution >= 4 is 23.7 Å². The fourth-order valence-electron chi connectivity index (χ4n) is 8.26. The molecule has 248 valence electrons. The standard InChI is InChI=1S/C36H47N3O7/c1-24-31(25-14-5-3-6-15-25)45-35(44)29-27(18-9-10-19-28(41)37(24)2)46-36-20-13-22-38(26-16-7-4-8-17-26)34(43)32(36)39(21-11-12-23-40)33(42)30(29)36/h3,5-6,9,13-15,18,20,24,26-27,29-32,40H,4,7-8,10-12,16-17,19,21-23H2,1-2H3/b18-9-/t24-,27-,29+,30+,31+,32-,36+/m1/s1. The van der Waals surface area contributed by atoms with Crippen molar-refractivity contribution in [1.82, 2.24) is 14.7 Å². The van der Waals surface area contributed by atoms with Crippen molar-refractivity contribution in [1.29, 1.82) is 0 Å². The van der Waals surface area contributed by atoms with Crippen LogP contribution >= 0.6 is 0 Å². The van der Waals surface area contributed by atoms with Gasteiger partial charge >= 0.3 is 5.97 Å². The molecule has 10 heteroatoms. The molecule has 1 aromatic carbocycles. The number of allylic oxidation sites excluding steroid dienone is 1. The van der Waals surface area contributed by atoms with Crippen molar-refractivity contribution in [2.75, 3.05) is 26.7 Å². The van der Waals surface area contributed by atoms with E-state index < -0.39 is 47.7 Å². The van der Waals surface area contributed by atoms with Crippen LogP contribution in [-0.4, -0.2) is 100 Å². The third-order valence-electron chi connectivity index (χ3n) is 10.8. The molecule has 1 N–H and O–H groups in total. The zero-order chi connectivity index (χ0) is 32.4. The largest absolute Gasteiger partial charge is 0.455 e. The molecule has 1 spiro atoms. The number of likely N-dealkylation sites (N-methyl/N-ethyl adjacent to an activating group) is 1. The maximum absolute atomic E-state index is 14.6. The maximum atomic E-state index is 14.6. The Kier molecular flexibility index (Phi) is 9.66. The van der Waals surface area contributed by atoms with Crippen LogP contribution in [0, 0.1) is 11.8 Å². The molecule has 7 atom stereocenters. The number of likely N-dealkylation sites (tertiary alicyclic amines) is 1. The molecule has 2 saturated heterocycles. The van der Waals surface area contributed by atoms with Crippen LogP contribution in [0.2, 0.25) is 0 Å². The second kappa shape index (κ2) is 13.7. The lowest BCUT2D eigenvalue weighted by atomic mass is 9.77. The van der Waals surface area contributed by atoms with Crippen LogP contribution in [0.25, 0.3) is 0 Å². The summed E-state index contributed by atoms with van der Waals surface area (Å²) in [6.07, 6.45) is 12.7. The van der Waals surface area contributed by atoms with E-state index in [1.807, 2.05) is 60.4 Å². The van der Waals surface area contributed by atoms with Crippen LogP contribution in [0.4, 0.5) is 0 Å². The van der Waals surface area contributed by atoms with Crippen molar-refractivity contribution in [3.05, 3.63) is 60.2 Å². The van der Waals surface area contributed by atoms with Crippen molar-refractivity contribution < 1.29 is 33.8 Å². The number of esters is 1. The molecular weight excluding hydrogens is 586 g/mol. The molecule has 4 heterocycles. The second-order valence-corrected chi connectivity index (χ2v) is 13.5. The maximum Gasteiger partial charge on any atom is 0.313 e. The van der Waals surface area contributed by atoms with E-state index in [1.54, 1.807) is 22.9 Å². The Labute approximate surface area is 271 Å². The molecule has 10 nitrogen and oxygen atoms in total. The summed E-state index contributed by atoms with van der Waals surface area (Å²) in [6.45, 7) is 2.55. The third kappa shape index (κ3) is 5.79. The van der Waals surface area contributed by atoms with E-state index in [2.05, 4.69) is 0 Å². The van der Waals surface area contributed by atoms with E-state index in [-0.39, 0.29) is 43.3 Å². The Morgan fingerprint density at radius 1 is 0.978 bits per heavy atom. The number of aliphatic hydroxyl groups excluding tert-OH is 1. The minimum atomic E-state index is -1.35. The lowest BCUT2D eigenvalue weighted by molar-refractivity contribution is -0.164. The molecule has 1 aromatic rings. The zero-order valence-electron chi connectivity index (χ0n) is 27.0. The molecule has 0 bridgehead atoms. The van der Waals surface area contributed by atoms with Crippen LogP contribution in [0.3, 0.4) is 0 Å². The van der Waals surface area contributed by atoms with Crippen LogP contribution in [0.15, 0.2) is 54.6 Å². The fourth-order valence-corrected chi connectivity index (χ4v) is 8.26. The molecule has 1 aliphatic carbocycles. The van der Waals surface area contributed by atoms with Gasteiger partial charge in [-0.2, -0.15) is 0 Å². The first-order chi connectivity index (χ1) is 22.3. The molecule has 3 fully saturated rings. The normalized spacial score (nSPS) is 34.7. The minimum absolute atomic E-state index is 0.0162. The van der Waals surface area contributed by atoms with E-state index >= 15 is 0 Å². The van der Waals surface area contributed by atoms with E-state index in [0.29, 0.717) is 25.8 Å². The Morgan fingerprint density at radius 3 is 2.48 bits per heavy atom. The van der Waals surface area contributed by atoms with Crippen LogP contribution in [0.1, 0.15) is 76.4 Å². The van der Waals surface area contributed by atoms with Gasteiger partial charge in [-0.3, -0.25) is 19.2 Å². The first-order valence-corrected chi connectivity index (χ1v) is 17.0. The van der Waals surface area contributed by atoms with Crippen molar-refractivity contribution in [2.45, 2.75) is 101 Å². The fraction of sp³-hybridized carbons (Fsp3) is 0.611. The van der Waals surface area contributed by atoms with E-state index in [4.69, 9.17) is 9.47 Å². The summed E-state index contributed by atoms with van der Waals surface area (Å²) < 4.78 is 13.2. The zero-order valence-corrected chi connectivity index (χ0v) is 27.0. The summed E-state index contributed by atoms with van der Waals surface area (Å²) in [6, 6.07) is 8.04. The smallest absolute Gasteiger partial charge is 0.313 e. The van der Waals surface area contributed by atoms with Gasteiger partial charge in [-0.1, -0.05) is 73.9 Å². The number of nitrogens with zero attached hydrogens (tertiary/aromatic N) is 3. The number of carbonyl (C=O) groups excluding carboxylic acids is 4. The van der Waals surface area contributed by atoms with E-state index in [0.717, 1.165) is 37.7 Å². The highest BCUT2D eigenvalue weighted by Crippen LogP contribution is 2.53. The number of hydrogen-bond donors (Lipinski definition) is 1. The molecule has 0 aromatic heterocycles. The quantitative estimate of drug-likeness (QED) is 0.289. The van der Waals surface area contributed by atoms with Crippen LogP contribution < -0.4 is 0 Å². The van der Waals surface area contributed by atoms with Crippen LogP contribution in [-0.2, 0) is 28.7 Å². The number of unbranched alkanes of at least 4 members (excludes halogenated alkanes) is 1. The van der Waals surface area contributed by atoms with Gasteiger partial charge in [-0.25, -0.2) is 0 Å². The summed E-state index contributed by atoms with van der Waals surface area (Å²) in [5.41, 5.74) is -0.606. The molecule has 0 unspecified atom stereocenters. The SMILES string of the molecule is C[C@@H]1[C@@H](c2ccccc2)OC(=O)[C@@H]2[C@H]3C(=O)N(CCCCO)[C@@H]4C(=O)N(C5CCCCC5)CC=C[C@]34O[C@@H]2/C=C\CCC(=O)N1C. The lowest BCUT2D eigenvalue weighted by Gasteiger charge is -2.39. The summed E-state index contributed by atoms with van der Waals surface area (Å²) in [7, 11) is 1.72. The molecule has 5 aliphatic rings. The summed E-state index contributed by atoms with van der Waals surface area (Å²) >= 11 is 0. The third-order valence-corrected chi connectivity index (χ3v) is 10.8. The van der Waals surface area contributed by atoms with Gasteiger partial charge in [0.1, 0.15) is 23.7 Å². The molecular formula is C36H47N3O7. The number of benzene rings is 1. The predicted molar refractivity (Wildman–Crippen MR) is 170 cm³/mol. The molecule has 46 heavy (non-hydrogen) atoms. The van der Waals surface area contributed by atoms with Crippen LogP contribution in [0.5, 0.6) is 0 Å². The minimum Gasteiger partial charge on any atom is -0.455 e. The number of amides is 3. The van der Waals surface area contributed by atoms with Gasteiger partial charge in [0.2, 0.25) is 17.7 Å². The number of aliphatic hydroxyl groups is 1. The van der Waals surface area contributed by atoms with Gasteiger partial charge in [0.05, 0.1) is 18.1 Å². The van der Waals surface area contributed by atoms with Crippen molar-refractivity contribution in [3.8, 4) is 0 Å². The molecule has 3 amide bonds. The first kappa shape index (κ1) is 32.4. The highest BCUT2D eigenvalue weighted by atomic mass is 16.6. The topological polar surface area (TPSA) is 117 Å². The number of carbonyl (C=O) groups is 4. The first-order valence-electron chi connectivity index (χ1n) is 17.0. The number of fused-ring (bicyclic) bond motifs is 2. The predicted octanol–water partition coefficient (Wildman–Crippen LogP) is 3.55. The van der Waals surface area contributed by atoms with Gasteiger partial charge in [0.25, 0.3) is 0 Å². The van der Waals surface area contributed by atoms with Gasteiger partial charge in [0.15, 0.2) is 0 Å². The molecule has 1 saturated carbocycles. The Morgan fingerprint density at radius 2 is 1.74 bits per heavy atom. The monoisotopic (exact) mass is 633 g/mol. The summed E-state index contributed by atoms with van der Waals surface area (Å²) in [5, 5.41) is 9.51.